The van der Waals surface area contributed by atoms with Gasteiger partial charge in [-0.25, -0.2) is 4.79 Å². The zero-order chi connectivity index (χ0) is 27.5. The Balaban J connectivity index is 1.62. The third-order valence-electron chi connectivity index (χ3n) is 6.59. The molecule has 0 N–H and O–H groups in total. The van der Waals surface area contributed by atoms with Crippen LogP contribution >= 0.6 is 15.9 Å². The largest absolute Gasteiger partial charge is 0.494 e. The quantitative estimate of drug-likeness (QED) is 0.153. The number of anilines is 1. The van der Waals surface area contributed by atoms with Crippen LogP contribution in [0.5, 0.6) is 5.75 Å². The van der Waals surface area contributed by atoms with E-state index in [0.717, 1.165) is 23.7 Å². The second-order valence-electron chi connectivity index (χ2n) is 9.35. The average molecular weight is 590 g/mol. The van der Waals surface area contributed by atoms with Crippen molar-refractivity contribution in [2.75, 3.05) is 18.1 Å². The van der Waals surface area contributed by atoms with Gasteiger partial charge in [0.1, 0.15) is 11.3 Å². The van der Waals surface area contributed by atoms with Crippen LogP contribution in [0.4, 0.5) is 5.69 Å². The molecule has 1 aliphatic heterocycles. The highest BCUT2D eigenvalue weighted by molar-refractivity contribution is 9.10. The van der Waals surface area contributed by atoms with Crippen molar-refractivity contribution in [3.8, 4) is 5.75 Å². The summed E-state index contributed by atoms with van der Waals surface area (Å²) in [6.45, 7) is 4.95. The van der Waals surface area contributed by atoms with Crippen LogP contribution in [-0.4, -0.2) is 25.1 Å². The highest BCUT2D eigenvalue weighted by Gasteiger charge is 2.43. The van der Waals surface area contributed by atoms with E-state index in [2.05, 4.69) is 15.9 Å². The Hall–Kier alpha value is -3.91. The van der Waals surface area contributed by atoms with Crippen LogP contribution in [0, 0.1) is 0 Å². The number of ether oxygens (including phenoxy) is 2. The van der Waals surface area contributed by atoms with E-state index in [-0.39, 0.29) is 16.8 Å². The van der Waals surface area contributed by atoms with Crippen molar-refractivity contribution in [2.45, 2.75) is 39.2 Å². The van der Waals surface area contributed by atoms with E-state index in [0.29, 0.717) is 46.7 Å². The van der Waals surface area contributed by atoms with Crippen LogP contribution in [0.3, 0.4) is 0 Å². The van der Waals surface area contributed by atoms with Gasteiger partial charge < -0.3 is 13.9 Å². The summed E-state index contributed by atoms with van der Waals surface area (Å²) in [7, 11) is 0. The Kier molecular flexibility index (Phi) is 7.84. The Morgan fingerprint density at radius 3 is 2.51 bits per heavy atom. The van der Waals surface area contributed by atoms with E-state index in [4.69, 9.17) is 13.9 Å². The van der Waals surface area contributed by atoms with E-state index in [1.54, 1.807) is 42.5 Å². The van der Waals surface area contributed by atoms with Crippen molar-refractivity contribution in [2.24, 2.45) is 0 Å². The predicted octanol–water partition coefficient (Wildman–Crippen LogP) is 7.05. The molecule has 0 saturated carbocycles. The fraction of sp³-hybridized carbons (Fsp3) is 0.258. The van der Waals surface area contributed by atoms with E-state index in [1.807, 2.05) is 38.1 Å². The molecule has 3 aromatic carbocycles. The van der Waals surface area contributed by atoms with Crippen molar-refractivity contribution < 1.29 is 23.5 Å². The van der Waals surface area contributed by atoms with Gasteiger partial charge in [0.15, 0.2) is 5.43 Å². The summed E-state index contributed by atoms with van der Waals surface area (Å²) >= 11 is 3.43. The van der Waals surface area contributed by atoms with Gasteiger partial charge in [0.25, 0.3) is 5.91 Å². The van der Waals surface area contributed by atoms with Gasteiger partial charge in [-0.1, -0.05) is 48.3 Å². The van der Waals surface area contributed by atoms with Crippen molar-refractivity contribution in [1.29, 1.82) is 0 Å². The van der Waals surface area contributed by atoms with E-state index in [9.17, 15) is 14.4 Å². The molecule has 5 rings (SSSR count). The summed E-state index contributed by atoms with van der Waals surface area (Å²) in [4.78, 5) is 41.7. The maximum atomic E-state index is 13.9. The molecule has 1 aliphatic rings. The molecule has 0 aliphatic carbocycles. The summed E-state index contributed by atoms with van der Waals surface area (Å²) in [5.74, 6) is -0.205. The van der Waals surface area contributed by atoms with Crippen LogP contribution in [0.25, 0.3) is 11.0 Å². The lowest BCUT2D eigenvalue weighted by molar-refractivity contribution is 0.0499. The lowest BCUT2D eigenvalue weighted by atomic mass is 9.98. The van der Waals surface area contributed by atoms with Gasteiger partial charge in [0.2, 0.25) is 5.76 Å². The van der Waals surface area contributed by atoms with Gasteiger partial charge >= 0.3 is 5.97 Å². The summed E-state index contributed by atoms with van der Waals surface area (Å²) in [5.41, 5.74) is 1.94. The number of hydrogen-bond donors (Lipinski definition) is 0. The fourth-order valence-corrected chi connectivity index (χ4v) is 5.03. The minimum absolute atomic E-state index is 0.00255. The summed E-state index contributed by atoms with van der Waals surface area (Å²) in [5, 5.41) is 0.381. The number of nitrogens with zero attached hydrogens (tertiary/aromatic N) is 1. The Morgan fingerprint density at radius 2 is 1.77 bits per heavy atom. The number of unbranched alkanes of at least 4 members (excludes halogenated alkanes) is 1. The monoisotopic (exact) mass is 589 g/mol. The van der Waals surface area contributed by atoms with Crippen molar-refractivity contribution in [3.05, 3.63) is 104 Å². The highest BCUT2D eigenvalue weighted by atomic mass is 79.9. The second kappa shape index (κ2) is 11.5. The standard InChI is InChI=1S/C31H28BrNO6/c1-3-5-16-38-31(36)19-9-12-22(13-10-19)33-27(20-7-6-8-23(17-20)37-15-4-2)26-28(34)24-18-21(32)11-14-25(24)39-29(26)30(33)35/h6-14,17-18,27H,3-5,15-16H2,1-2H3. The van der Waals surface area contributed by atoms with E-state index in [1.165, 1.54) is 4.90 Å². The molecule has 0 fully saturated rings. The van der Waals surface area contributed by atoms with Crippen LogP contribution < -0.4 is 15.1 Å². The number of carbonyl (C=O) groups excluding carboxylic acids is 2. The molecule has 200 valence electrons. The first kappa shape index (κ1) is 26.7. The number of amides is 1. The van der Waals surface area contributed by atoms with Gasteiger partial charge in [0.05, 0.1) is 35.8 Å². The van der Waals surface area contributed by atoms with Crippen molar-refractivity contribution in [1.82, 2.24) is 0 Å². The molecular formula is C31H28BrNO6. The first-order valence-corrected chi connectivity index (χ1v) is 13.8. The maximum Gasteiger partial charge on any atom is 0.338 e. The molecule has 8 heteroatoms. The van der Waals surface area contributed by atoms with Crippen LogP contribution in [0.2, 0.25) is 0 Å². The number of esters is 1. The molecule has 0 saturated heterocycles. The first-order chi connectivity index (χ1) is 18.9. The molecule has 0 radical (unpaired) electrons. The number of rotatable bonds is 9. The van der Waals surface area contributed by atoms with Gasteiger partial charge in [-0.3, -0.25) is 14.5 Å². The Labute approximate surface area is 234 Å². The lowest BCUT2D eigenvalue weighted by Crippen LogP contribution is -2.29. The number of hydrogen-bond acceptors (Lipinski definition) is 6. The molecule has 0 bridgehead atoms. The maximum absolute atomic E-state index is 13.9. The number of fused-ring (bicyclic) bond motifs is 2. The van der Waals surface area contributed by atoms with Crippen LogP contribution in [-0.2, 0) is 4.74 Å². The molecule has 1 amide bonds. The third-order valence-corrected chi connectivity index (χ3v) is 7.08. The SMILES string of the molecule is CCCCOC(=O)c1ccc(N2C(=O)c3oc4ccc(Br)cc4c(=O)c3C2c2cccc(OCCC)c2)cc1. The molecule has 1 aromatic heterocycles. The molecule has 2 heterocycles. The van der Waals surface area contributed by atoms with Crippen LogP contribution in [0.1, 0.15) is 71.2 Å². The summed E-state index contributed by atoms with van der Waals surface area (Å²) in [6.07, 6.45) is 2.56. The lowest BCUT2D eigenvalue weighted by Gasteiger charge is -2.25. The minimum Gasteiger partial charge on any atom is -0.494 e. The summed E-state index contributed by atoms with van der Waals surface area (Å²) in [6, 6.07) is 18.4. The zero-order valence-corrected chi connectivity index (χ0v) is 23.3. The Morgan fingerprint density at radius 1 is 0.974 bits per heavy atom. The van der Waals surface area contributed by atoms with Gasteiger partial charge in [0, 0.05) is 10.2 Å². The number of benzene rings is 3. The molecule has 0 spiro atoms. The highest BCUT2D eigenvalue weighted by Crippen LogP contribution is 2.42. The molecule has 39 heavy (non-hydrogen) atoms. The topological polar surface area (TPSA) is 86.0 Å². The van der Waals surface area contributed by atoms with Gasteiger partial charge in [-0.2, -0.15) is 0 Å². The predicted molar refractivity (Wildman–Crippen MR) is 153 cm³/mol. The third kappa shape index (κ3) is 5.21. The minimum atomic E-state index is -0.750. The van der Waals surface area contributed by atoms with Crippen LogP contribution in [0.15, 0.2) is 80.4 Å². The van der Waals surface area contributed by atoms with E-state index >= 15 is 0 Å². The second-order valence-corrected chi connectivity index (χ2v) is 10.3. The number of carbonyl (C=O) groups is 2. The number of halogens is 1. The molecule has 4 aromatic rings. The summed E-state index contributed by atoms with van der Waals surface area (Å²) < 4.78 is 17.9. The molecule has 1 atom stereocenters. The smallest absolute Gasteiger partial charge is 0.338 e. The first-order valence-electron chi connectivity index (χ1n) is 13.0. The van der Waals surface area contributed by atoms with Crippen molar-refractivity contribution >= 4 is 44.5 Å². The fourth-order valence-electron chi connectivity index (χ4n) is 4.67. The zero-order valence-electron chi connectivity index (χ0n) is 21.7. The van der Waals surface area contributed by atoms with E-state index < -0.39 is 17.9 Å². The molecule has 7 nitrogen and oxygen atoms in total. The van der Waals surface area contributed by atoms with Gasteiger partial charge in [-0.15, -0.1) is 0 Å². The molecule has 1 unspecified atom stereocenters. The Bertz CT molecular complexity index is 1590. The van der Waals surface area contributed by atoms with Gasteiger partial charge in [-0.05, 0) is 73.0 Å². The average Bonchev–Trinajstić information content (AvgIpc) is 3.25. The normalized spacial score (nSPS) is 14.5. The van der Waals surface area contributed by atoms with Crippen molar-refractivity contribution in [3.63, 3.8) is 0 Å². The molecular weight excluding hydrogens is 562 g/mol.